The SMILES string of the molecule is C=C[C@H]1CC(F)(F)c2c1c(C(F)(F)F)nn2CC(=O)NC(Cc1cc(F)cc(F)c1)c1nc(C#CC(C)(C)O)ccc1-c1cccc2c(=O)[nH]n(C)c12. The largest absolute Gasteiger partial charge is 0.435 e. The summed E-state index contributed by atoms with van der Waals surface area (Å²) in [6, 6.07) is 9.21. The Morgan fingerprint density at radius 1 is 1.15 bits per heavy atom. The number of carbonyl (C=O) groups is 1. The van der Waals surface area contributed by atoms with Gasteiger partial charge in [-0.05, 0) is 62.1 Å². The van der Waals surface area contributed by atoms with Crippen LogP contribution in [0.15, 0.2) is 66.0 Å². The van der Waals surface area contributed by atoms with Gasteiger partial charge in [0.2, 0.25) is 5.91 Å². The van der Waals surface area contributed by atoms with E-state index in [4.69, 9.17) is 0 Å². The molecule has 0 saturated carbocycles. The molecule has 1 amide bonds. The third kappa shape index (κ3) is 7.47. The molecule has 0 fully saturated rings. The number of benzene rings is 2. The summed E-state index contributed by atoms with van der Waals surface area (Å²) in [6.45, 7) is 5.16. The molecule has 16 heteroatoms. The van der Waals surface area contributed by atoms with Crippen molar-refractivity contribution in [1.29, 1.82) is 0 Å². The lowest BCUT2D eigenvalue weighted by molar-refractivity contribution is -0.142. The van der Waals surface area contributed by atoms with Crippen LogP contribution in [-0.4, -0.2) is 41.2 Å². The average Bonchev–Trinajstić information content (AvgIpc) is 3.67. The van der Waals surface area contributed by atoms with Crippen molar-refractivity contribution in [2.45, 2.75) is 62.9 Å². The zero-order valence-corrected chi connectivity index (χ0v) is 28.4. The molecule has 53 heavy (non-hydrogen) atoms. The zero-order valence-electron chi connectivity index (χ0n) is 28.4. The maximum absolute atomic E-state index is 15.2. The number of pyridine rings is 1. The fraction of sp³-hybridized carbons (Fsp3) is 0.297. The smallest absolute Gasteiger partial charge is 0.378 e. The van der Waals surface area contributed by atoms with Gasteiger partial charge in [0.15, 0.2) is 5.69 Å². The predicted octanol–water partition coefficient (Wildman–Crippen LogP) is 6.41. The highest BCUT2D eigenvalue weighted by Crippen LogP contribution is 2.52. The molecule has 9 nitrogen and oxygen atoms in total. The minimum absolute atomic E-state index is 0.0282. The summed E-state index contributed by atoms with van der Waals surface area (Å²) in [4.78, 5) is 31.1. The number of H-pyrrole nitrogens is 1. The van der Waals surface area contributed by atoms with E-state index in [1.165, 1.54) is 24.6 Å². The summed E-state index contributed by atoms with van der Waals surface area (Å²) in [6.07, 6.45) is -5.51. The number of aliphatic hydroxyl groups is 1. The van der Waals surface area contributed by atoms with E-state index in [9.17, 15) is 36.6 Å². The number of hydrogen-bond acceptors (Lipinski definition) is 5. The molecule has 5 aromatic rings. The van der Waals surface area contributed by atoms with E-state index >= 15 is 8.78 Å². The molecule has 0 bridgehead atoms. The summed E-state index contributed by atoms with van der Waals surface area (Å²) >= 11 is 0. The van der Waals surface area contributed by atoms with Crippen LogP contribution < -0.4 is 10.9 Å². The first-order chi connectivity index (χ1) is 24.8. The third-order valence-corrected chi connectivity index (χ3v) is 8.65. The Morgan fingerprint density at radius 2 is 1.85 bits per heavy atom. The summed E-state index contributed by atoms with van der Waals surface area (Å²) < 4.78 is 103. The normalized spacial score (nSPS) is 15.9. The maximum atomic E-state index is 15.2. The molecular formula is C37H31F7N6O3. The van der Waals surface area contributed by atoms with Crippen molar-refractivity contribution in [2.24, 2.45) is 7.05 Å². The number of carbonyl (C=O) groups excluding carboxylic acids is 1. The van der Waals surface area contributed by atoms with Crippen molar-refractivity contribution in [3.05, 3.63) is 117 Å². The number of halogens is 7. The maximum Gasteiger partial charge on any atom is 0.435 e. The minimum atomic E-state index is -5.12. The molecule has 276 valence electrons. The first kappa shape index (κ1) is 37.1. The Bertz CT molecular complexity index is 2370. The molecule has 3 heterocycles. The number of hydrogen-bond donors (Lipinski definition) is 3. The Hall–Kier alpha value is -5.69. The van der Waals surface area contributed by atoms with E-state index in [1.807, 2.05) is 0 Å². The second kappa shape index (κ2) is 13.4. The number of aryl methyl sites for hydroxylation is 1. The van der Waals surface area contributed by atoms with Gasteiger partial charge in [-0.3, -0.25) is 24.1 Å². The Labute approximate surface area is 297 Å². The number of fused-ring (bicyclic) bond motifs is 2. The molecule has 1 unspecified atom stereocenters. The highest BCUT2D eigenvalue weighted by atomic mass is 19.4. The predicted molar refractivity (Wildman–Crippen MR) is 180 cm³/mol. The molecule has 0 spiro atoms. The minimum Gasteiger partial charge on any atom is -0.378 e. The van der Waals surface area contributed by atoms with Gasteiger partial charge in [0.05, 0.1) is 22.6 Å². The van der Waals surface area contributed by atoms with Crippen LogP contribution >= 0.6 is 0 Å². The Morgan fingerprint density at radius 3 is 2.49 bits per heavy atom. The number of nitrogens with zero attached hydrogens (tertiary/aromatic N) is 4. The van der Waals surface area contributed by atoms with Gasteiger partial charge in [-0.1, -0.05) is 24.1 Å². The molecule has 3 aromatic heterocycles. The van der Waals surface area contributed by atoms with E-state index in [0.717, 1.165) is 18.2 Å². The van der Waals surface area contributed by atoms with Crippen LogP contribution in [0.25, 0.3) is 22.0 Å². The van der Waals surface area contributed by atoms with E-state index in [2.05, 4.69) is 38.9 Å². The third-order valence-electron chi connectivity index (χ3n) is 8.65. The van der Waals surface area contributed by atoms with E-state index < -0.39 is 82.7 Å². The van der Waals surface area contributed by atoms with Gasteiger partial charge in [-0.15, -0.1) is 6.58 Å². The fourth-order valence-electron chi connectivity index (χ4n) is 6.60. The molecule has 6 rings (SSSR count). The number of alkyl halides is 5. The molecule has 3 N–H and O–H groups in total. The highest BCUT2D eigenvalue weighted by molar-refractivity contribution is 5.94. The van der Waals surface area contributed by atoms with Crippen molar-refractivity contribution < 1.29 is 40.6 Å². The van der Waals surface area contributed by atoms with Gasteiger partial charge in [0.25, 0.3) is 11.5 Å². The van der Waals surface area contributed by atoms with Gasteiger partial charge < -0.3 is 10.4 Å². The second-order valence-corrected chi connectivity index (χ2v) is 13.3. The fourth-order valence-corrected chi connectivity index (χ4v) is 6.60. The van der Waals surface area contributed by atoms with Gasteiger partial charge in [0.1, 0.15) is 35.2 Å². The Balaban J connectivity index is 1.51. The molecule has 2 aromatic carbocycles. The average molecular weight is 741 g/mol. The van der Waals surface area contributed by atoms with Crippen molar-refractivity contribution in [3.63, 3.8) is 0 Å². The number of allylic oxidation sites excluding steroid dienone is 1. The first-order valence-electron chi connectivity index (χ1n) is 16.1. The number of nitrogens with one attached hydrogen (secondary N) is 2. The topological polar surface area (TPSA) is 118 Å². The lowest BCUT2D eigenvalue weighted by Gasteiger charge is -2.23. The summed E-state index contributed by atoms with van der Waals surface area (Å²) in [5, 5.41) is 19.2. The quantitative estimate of drug-likeness (QED) is 0.0967. The van der Waals surface area contributed by atoms with Gasteiger partial charge in [-0.25, -0.2) is 13.8 Å². The molecule has 2 atom stereocenters. The van der Waals surface area contributed by atoms with E-state index in [-0.39, 0.29) is 23.4 Å². The van der Waals surface area contributed by atoms with Crippen LogP contribution in [-0.2, 0) is 36.9 Å². The number of aromatic nitrogens is 5. The van der Waals surface area contributed by atoms with Crippen LogP contribution in [0.5, 0.6) is 0 Å². The van der Waals surface area contributed by atoms with Crippen molar-refractivity contribution in [2.75, 3.05) is 0 Å². The van der Waals surface area contributed by atoms with Crippen molar-refractivity contribution >= 4 is 16.8 Å². The molecule has 1 aliphatic rings. The Kier molecular flexibility index (Phi) is 9.36. The monoisotopic (exact) mass is 740 g/mol. The van der Waals surface area contributed by atoms with Crippen molar-refractivity contribution in [3.8, 4) is 23.0 Å². The van der Waals surface area contributed by atoms with Crippen LogP contribution in [0.1, 0.15) is 66.1 Å². The van der Waals surface area contributed by atoms with Crippen LogP contribution in [0.2, 0.25) is 0 Å². The van der Waals surface area contributed by atoms with Crippen LogP contribution in [0.3, 0.4) is 0 Å². The highest BCUT2D eigenvalue weighted by Gasteiger charge is 2.53. The van der Waals surface area contributed by atoms with Gasteiger partial charge in [-0.2, -0.15) is 27.1 Å². The van der Waals surface area contributed by atoms with E-state index in [0.29, 0.717) is 32.8 Å². The van der Waals surface area contributed by atoms with Gasteiger partial charge >= 0.3 is 6.18 Å². The van der Waals surface area contributed by atoms with E-state index in [1.54, 1.807) is 31.3 Å². The summed E-state index contributed by atoms with van der Waals surface area (Å²) in [5.41, 5.74) is -3.98. The van der Waals surface area contributed by atoms with Crippen LogP contribution in [0, 0.1) is 23.5 Å². The number of aromatic amines is 1. The molecule has 0 aliphatic heterocycles. The van der Waals surface area contributed by atoms with Crippen LogP contribution in [0.4, 0.5) is 30.7 Å². The summed E-state index contributed by atoms with van der Waals surface area (Å²) in [5.74, 6) is -2.78. The van der Waals surface area contributed by atoms with Gasteiger partial charge in [0, 0.05) is 42.1 Å². The standard InChI is InChI=1S/C37H31F7N6O3/c1-5-20-17-36(40,41)33-29(20)32(37(42,43)44)47-50(33)18-28(51)46-27(15-19-13-21(38)16-22(39)14-19)30-24(10-9-23(45-30)11-12-35(2,3)53)25-7-6-8-26-31(25)49(4)48-34(26)52/h5-10,13-14,16,20,27,53H,1,15,17-18H2,2-4H3,(H,46,51)(H,48,52)/t20-,27?/m0/s1. The molecule has 0 radical (unpaired) electrons. The first-order valence-corrected chi connectivity index (χ1v) is 16.1. The summed E-state index contributed by atoms with van der Waals surface area (Å²) in [7, 11) is 1.59. The molecule has 0 saturated heterocycles. The number of rotatable bonds is 8. The lowest BCUT2D eigenvalue weighted by Crippen LogP contribution is -2.35. The zero-order chi connectivity index (χ0) is 38.6. The second-order valence-electron chi connectivity index (χ2n) is 13.3. The lowest BCUT2D eigenvalue weighted by atomic mass is 9.93. The molecule has 1 aliphatic carbocycles. The number of para-hydroxylation sites is 1. The van der Waals surface area contributed by atoms with Crippen molar-refractivity contribution in [1.82, 2.24) is 29.9 Å². The molecular weight excluding hydrogens is 709 g/mol. The number of amides is 1.